The normalized spacial score (nSPS) is 13.9. The maximum atomic E-state index is 14.3. The van der Waals surface area contributed by atoms with Gasteiger partial charge in [-0.3, -0.25) is 9.52 Å². The second-order valence-corrected chi connectivity index (χ2v) is 14.6. The predicted molar refractivity (Wildman–Crippen MR) is 179 cm³/mol. The van der Waals surface area contributed by atoms with Gasteiger partial charge < -0.3 is 15.2 Å². The molecular weight excluding hydrogens is 627 g/mol. The maximum absolute atomic E-state index is 14.3. The van der Waals surface area contributed by atoms with Gasteiger partial charge in [-0.25, -0.2) is 16.8 Å². The predicted octanol–water partition coefficient (Wildman–Crippen LogP) is 4.74. The van der Waals surface area contributed by atoms with E-state index in [0.717, 1.165) is 15.4 Å². The average Bonchev–Trinajstić information content (AvgIpc) is 3.03. The zero-order valence-electron chi connectivity index (χ0n) is 26.1. The van der Waals surface area contributed by atoms with E-state index in [1.54, 1.807) is 72.8 Å². The van der Waals surface area contributed by atoms with E-state index in [9.17, 15) is 26.7 Å². The van der Waals surface area contributed by atoms with Crippen LogP contribution in [0.2, 0.25) is 0 Å². The van der Waals surface area contributed by atoms with Crippen LogP contribution in [0.25, 0.3) is 0 Å². The first-order valence-electron chi connectivity index (χ1n) is 14.6. The Balaban J connectivity index is 1.73. The van der Waals surface area contributed by atoms with E-state index in [-0.39, 0.29) is 28.4 Å². The van der Waals surface area contributed by atoms with Gasteiger partial charge in [0, 0.05) is 6.54 Å². The topological polar surface area (TPSA) is 142 Å². The second-order valence-electron chi connectivity index (χ2n) is 11.1. The number of aliphatic hydroxyl groups is 1. The Morgan fingerprint density at radius 2 is 1.30 bits per heavy atom. The highest BCUT2D eigenvalue weighted by molar-refractivity contribution is 7.92. The summed E-state index contributed by atoms with van der Waals surface area (Å²) in [6.45, 7) is 4.81. The van der Waals surface area contributed by atoms with E-state index in [1.807, 2.05) is 19.9 Å². The number of rotatable bonds is 14. The molecule has 0 fully saturated rings. The molecule has 3 N–H and O–H groups in total. The van der Waals surface area contributed by atoms with Crippen LogP contribution in [0.1, 0.15) is 23.6 Å². The van der Waals surface area contributed by atoms with Crippen molar-refractivity contribution in [3.63, 3.8) is 0 Å². The van der Waals surface area contributed by atoms with Gasteiger partial charge in [-0.15, -0.1) is 0 Å². The molecule has 0 aromatic heterocycles. The Kier molecular flexibility index (Phi) is 11.2. The van der Waals surface area contributed by atoms with E-state index in [4.69, 9.17) is 4.74 Å². The SMILES string of the molecule is COC(=O)[C@H](Cc1ccccc1)N(C[C@@H](Nc1ccccc1NS(=O)(=O)c1ccc(C)cc1)[C@@H](C)O)S(=O)(=O)c1ccc(C)cc1. The summed E-state index contributed by atoms with van der Waals surface area (Å²) in [5.74, 6) is -0.768. The lowest BCUT2D eigenvalue weighted by atomic mass is 10.0. The molecule has 4 rings (SSSR count). The Hall–Kier alpha value is -4.23. The third kappa shape index (κ3) is 8.52. The number of nitrogens with zero attached hydrogens (tertiary/aromatic N) is 1. The van der Waals surface area contributed by atoms with Crippen LogP contribution in [-0.4, -0.2) is 64.1 Å². The van der Waals surface area contributed by atoms with E-state index in [0.29, 0.717) is 11.3 Å². The lowest BCUT2D eigenvalue weighted by molar-refractivity contribution is -0.145. The number of hydrogen-bond donors (Lipinski definition) is 3. The standard InChI is InChI=1S/C34H39N3O7S2/c1-24-14-18-28(19-15-24)45(40,41)36-31-13-9-8-12-30(31)35-32(26(3)38)23-37(46(42,43)29-20-16-25(2)17-21-29)33(34(39)44-4)22-27-10-6-5-7-11-27/h5-21,26,32-33,35-36,38H,22-23H2,1-4H3/t26-,32-,33+/m1/s1. The number of anilines is 2. The van der Waals surface area contributed by atoms with Gasteiger partial charge in [0.2, 0.25) is 10.0 Å². The van der Waals surface area contributed by atoms with E-state index in [1.165, 1.54) is 38.3 Å². The molecule has 0 aliphatic rings. The molecule has 0 bridgehead atoms. The first-order chi connectivity index (χ1) is 21.8. The first kappa shape index (κ1) is 34.6. The van der Waals surface area contributed by atoms with Crippen molar-refractivity contribution >= 4 is 37.4 Å². The summed E-state index contributed by atoms with van der Waals surface area (Å²) in [5.41, 5.74) is 2.96. The number of benzene rings is 4. The van der Waals surface area contributed by atoms with Crippen LogP contribution < -0.4 is 10.0 Å². The van der Waals surface area contributed by atoms with Crippen molar-refractivity contribution in [3.05, 3.63) is 120 Å². The van der Waals surface area contributed by atoms with Gasteiger partial charge in [0.05, 0.1) is 40.4 Å². The van der Waals surface area contributed by atoms with Gasteiger partial charge in [0.1, 0.15) is 6.04 Å². The fourth-order valence-corrected chi connectivity index (χ4v) is 7.53. The van der Waals surface area contributed by atoms with Crippen LogP contribution in [0.5, 0.6) is 0 Å². The molecule has 4 aromatic carbocycles. The molecule has 0 saturated heterocycles. The second kappa shape index (κ2) is 14.9. The summed E-state index contributed by atoms with van der Waals surface area (Å²) < 4.78 is 63.7. The van der Waals surface area contributed by atoms with E-state index < -0.39 is 44.2 Å². The maximum Gasteiger partial charge on any atom is 0.324 e. The van der Waals surface area contributed by atoms with E-state index >= 15 is 0 Å². The molecule has 12 heteroatoms. The highest BCUT2D eigenvalue weighted by atomic mass is 32.2. The van der Waals surface area contributed by atoms with Crippen LogP contribution in [0.4, 0.5) is 11.4 Å². The van der Waals surface area contributed by atoms with Crippen LogP contribution in [0, 0.1) is 13.8 Å². The molecule has 4 aromatic rings. The summed E-state index contributed by atoms with van der Waals surface area (Å²) in [4.78, 5) is 13.3. The smallest absolute Gasteiger partial charge is 0.324 e. The monoisotopic (exact) mass is 665 g/mol. The number of sulfonamides is 2. The minimum absolute atomic E-state index is 0.0120. The van der Waals surface area contributed by atoms with Crippen LogP contribution >= 0.6 is 0 Å². The van der Waals surface area contributed by atoms with Gasteiger partial charge in [-0.1, -0.05) is 77.9 Å². The molecule has 0 heterocycles. The summed E-state index contributed by atoms with van der Waals surface area (Å²) >= 11 is 0. The number of carbonyl (C=O) groups is 1. The highest BCUT2D eigenvalue weighted by Crippen LogP contribution is 2.28. The Labute approximate surface area is 271 Å². The third-order valence-corrected chi connectivity index (χ3v) is 10.8. The molecule has 46 heavy (non-hydrogen) atoms. The number of para-hydroxylation sites is 2. The summed E-state index contributed by atoms with van der Waals surface area (Å²) in [6.07, 6.45) is -1.13. The Morgan fingerprint density at radius 3 is 1.85 bits per heavy atom. The number of methoxy groups -OCH3 is 1. The summed E-state index contributed by atoms with van der Waals surface area (Å²) in [7, 11) is -7.11. The minimum Gasteiger partial charge on any atom is -0.468 e. The van der Waals surface area contributed by atoms with Crippen molar-refractivity contribution in [1.29, 1.82) is 0 Å². The van der Waals surface area contributed by atoms with Crippen molar-refractivity contribution in [1.82, 2.24) is 4.31 Å². The molecule has 0 unspecified atom stereocenters. The van der Waals surface area contributed by atoms with Crippen molar-refractivity contribution in [3.8, 4) is 0 Å². The van der Waals surface area contributed by atoms with Crippen LogP contribution in [-0.2, 0) is 36.0 Å². The molecule has 0 saturated carbocycles. The molecule has 0 spiro atoms. The number of carbonyl (C=O) groups excluding carboxylic acids is 1. The minimum atomic E-state index is -4.32. The average molecular weight is 666 g/mol. The largest absolute Gasteiger partial charge is 0.468 e. The number of ether oxygens (including phenoxy) is 1. The van der Waals surface area contributed by atoms with Crippen LogP contribution in [0.15, 0.2) is 113 Å². The third-order valence-electron chi connectivity index (χ3n) is 7.52. The van der Waals surface area contributed by atoms with Crippen molar-refractivity contribution in [2.24, 2.45) is 0 Å². The van der Waals surface area contributed by atoms with Gasteiger partial charge in [0.15, 0.2) is 0 Å². The molecule has 0 amide bonds. The molecular formula is C34H39N3O7S2. The molecule has 244 valence electrons. The fraction of sp³-hybridized carbons (Fsp3) is 0.265. The van der Waals surface area contributed by atoms with Crippen LogP contribution in [0.3, 0.4) is 0 Å². The zero-order valence-corrected chi connectivity index (χ0v) is 27.8. The van der Waals surface area contributed by atoms with Gasteiger partial charge in [-0.05, 0) is 69.2 Å². The molecule has 0 radical (unpaired) electrons. The molecule has 0 aliphatic heterocycles. The Bertz CT molecular complexity index is 1830. The molecule has 3 atom stereocenters. The molecule has 0 aliphatic carbocycles. The number of esters is 1. The lowest BCUT2D eigenvalue weighted by Crippen LogP contribution is -2.53. The number of aliphatic hydroxyl groups excluding tert-OH is 1. The zero-order chi connectivity index (χ0) is 33.5. The van der Waals surface area contributed by atoms with Crippen molar-refractivity contribution in [2.45, 2.75) is 55.2 Å². The van der Waals surface area contributed by atoms with Gasteiger partial charge in [0.25, 0.3) is 10.0 Å². The Morgan fingerprint density at radius 1 is 0.783 bits per heavy atom. The van der Waals surface area contributed by atoms with Gasteiger partial charge in [-0.2, -0.15) is 4.31 Å². The van der Waals surface area contributed by atoms with Crippen molar-refractivity contribution in [2.75, 3.05) is 23.7 Å². The number of aryl methyl sites for hydroxylation is 2. The van der Waals surface area contributed by atoms with Crippen molar-refractivity contribution < 1.29 is 31.5 Å². The summed E-state index contributed by atoms with van der Waals surface area (Å²) in [6, 6.07) is 25.8. The van der Waals surface area contributed by atoms with Gasteiger partial charge >= 0.3 is 5.97 Å². The number of hydrogen-bond acceptors (Lipinski definition) is 8. The lowest BCUT2D eigenvalue weighted by Gasteiger charge is -2.34. The first-order valence-corrected chi connectivity index (χ1v) is 17.6. The number of nitrogens with one attached hydrogen (secondary N) is 2. The summed E-state index contributed by atoms with van der Waals surface area (Å²) in [5, 5.41) is 14.1. The fourth-order valence-electron chi connectivity index (χ4n) is 4.85. The molecule has 10 nitrogen and oxygen atoms in total. The van der Waals surface area contributed by atoms with E-state index in [2.05, 4.69) is 10.0 Å². The highest BCUT2D eigenvalue weighted by Gasteiger charge is 2.39. The quantitative estimate of drug-likeness (QED) is 0.164.